The summed E-state index contributed by atoms with van der Waals surface area (Å²) in [5.41, 5.74) is 5.04. The molecule has 0 spiro atoms. The van der Waals surface area contributed by atoms with E-state index in [2.05, 4.69) is 38.5 Å². The Morgan fingerprint density at radius 2 is 1.69 bits per heavy atom. The van der Waals surface area contributed by atoms with Crippen molar-refractivity contribution < 1.29 is 4.79 Å². The van der Waals surface area contributed by atoms with Crippen LogP contribution in [0.5, 0.6) is 0 Å². The summed E-state index contributed by atoms with van der Waals surface area (Å²) >= 11 is 3.53. The van der Waals surface area contributed by atoms with E-state index in [1.165, 1.54) is 0 Å². The van der Waals surface area contributed by atoms with Gasteiger partial charge in [-0.1, -0.05) is 42.5 Å². The van der Waals surface area contributed by atoms with Crippen molar-refractivity contribution in [3.05, 3.63) is 76.0 Å². The van der Waals surface area contributed by atoms with Gasteiger partial charge in [0, 0.05) is 24.3 Å². The fourth-order valence-corrected chi connectivity index (χ4v) is 3.15. The van der Waals surface area contributed by atoms with E-state index in [9.17, 15) is 4.79 Å². The molecule has 0 aliphatic rings. The molecule has 0 fully saturated rings. The Morgan fingerprint density at radius 1 is 1.04 bits per heavy atom. The summed E-state index contributed by atoms with van der Waals surface area (Å²) in [6.45, 7) is 5.42. The predicted octanol–water partition coefficient (Wildman–Crippen LogP) is 4.75. The summed E-state index contributed by atoms with van der Waals surface area (Å²) in [5, 5.41) is 7.46. The second-order valence-corrected chi connectivity index (χ2v) is 7.05. The van der Waals surface area contributed by atoms with Crippen molar-refractivity contribution in [1.29, 1.82) is 0 Å². The molecule has 0 unspecified atom stereocenters. The number of amides is 1. The Kier molecular flexibility index (Phi) is 5.89. The van der Waals surface area contributed by atoms with Gasteiger partial charge in [-0.05, 0) is 59.5 Å². The van der Waals surface area contributed by atoms with Crippen LogP contribution in [0.3, 0.4) is 0 Å². The molecule has 1 amide bonds. The Bertz CT molecular complexity index is 886. The molecule has 0 radical (unpaired) electrons. The van der Waals surface area contributed by atoms with Crippen LogP contribution in [0.25, 0.3) is 11.1 Å². The second kappa shape index (κ2) is 8.32. The number of carbonyl (C=O) groups is 1. The van der Waals surface area contributed by atoms with Gasteiger partial charge < -0.3 is 5.32 Å². The Balaban J connectivity index is 1.51. The van der Waals surface area contributed by atoms with Crippen molar-refractivity contribution in [2.75, 3.05) is 6.54 Å². The Hall–Kier alpha value is -2.40. The number of nitrogens with one attached hydrogen (secondary N) is 1. The number of halogens is 1. The number of carbonyl (C=O) groups excluding carboxylic acids is 1. The molecular weight excluding hydrogens is 390 g/mol. The maximum atomic E-state index is 12.3. The lowest BCUT2D eigenvalue weighted by molar-refractivity contribution is 0.0952. The highest BCUT2D eigenvalue weighted by Crippen LogP contribution is 2.20. The highest BCUT2D eigenvalue weighted by atomic mass is 79.9. The van der Waals surface area contributed by atoms with Crippen molar-refractivity contribution in [3.63, 3.8) is 0 Å². The standard InChI is InChI=1S/C21H22BrN3O/c1-15-20(22)16(2)25(24-15)14-6-13-23-21(26)19-11-9-18(10-12-19)17-7-4-3-5-8-17/h3-5,7-12H,6,13-14H2,1-2H3,(H,23,26). The van der Waals surface area contributed by atoms with Crippen molar-refractivity contribution in [3.8, 4) is 11.1 Å². The van der Waals surface area contributed by atoms with Crippen LogP contribution in [0.15, 0.2) is 59.1 Å². The normalized spacial score (nSPS) is 10.7. The van der Waals surface area contributed by atoms with Gasteiger partial charge in [-0.2, -0.15) is 5.10 Å². The van der Waals surface area contributed by atoms with Crippen LogP contribution in [0.2, 0.25) is 0 Å². The van der Waals surface area contributed by atoms with E-state index in [1.807, 2.05) is 61.0 Å². The van der Waals surface area contributed by atoms with Gasteiger partial charge >= 0.3 is 0 Å². The third-order valence-corrected chi connectivity index (χ3v) is 5.53. The van der Waals surface area contributed by atoms with Crippen molar-refractivity contribution in [2.45, 2.75) is 26.8 Å². The fourth-order valence-electron chi connectivity index (χ4n) is 2.87. The summed E-state index contributed by atoms with van der Waals surface area (Å²) < 4.78 is 3.03. The molecule has 0 atom stereocenters. The zero-order chi connectivity index (χ0) is 18.5. The minimum Gasteiger partial charge on any atom is -0.352 e. The maximum absolute atomic E-state index is 12.3. The third-order valence-electron chi connectivity index (χ3n) is 4.38. The first kappa shape index (κ1) is 18.4. The average molecular weight is 412 g/mol. The first-order valence-corrected chi connectivity index (χ1v) is 9.49. The number of benzene rings is 2. The van der Waals surface area contributed by atoms with E-state index in [4.69, 9.17) is 0 Å². The number of aromatic nitrogens is 2. The molecule has 0 saturated carbocycles. The lowest BCUT2D eigenvalue weighted by Crippen LogP contribution is -2.25. The molecule has 3 rings (SSSR count). The molecular formula is C21H22BrN3O. The Labute approximate surface area is 162 Å². The van der Waals surface area contributed by atoms with E-state index in [0.29, 0.717) is 12.1 Å². The van der Waals surface area contributed by atoms with Crippen LogP contribution in [0.1, 0.15) is 28.2 Å². The molecule has 3 aromatic rings. The zero-order valence-electron chi connectivity index (χ0n) is 15.0. The van der Waals surface area contributed by atoms with Crippen molar-refractivity contribution in [1.82, 2.24) is 15.1 Å². The van der Waals surface area contributed by atoms with Crippen LogP contribution >= 0.6 is 15.9 Å². The summed E-state index contributed by atoms with van der Waals surface area (Å²) in [6.07, 6.45) is 0.836. The first-order valence-electron chi connectivity index (χ1n) is 8.69. The van der Waals surface area contributed by atoms with Gasteiger partial charge in [0.1, 0.15) is 0 Å². The van der Waals surface area contributed by atoms with Crippen LogP contribution in [0, 0.1) is 13.8 Å². The predicted molar refractivity (Wildman–Crippen MR) is 108 cm³/mol. The van der Waals surface area contributed by atoms with E-state index < -0.39 is 0 Å². The van der Waals surface area contributed by atoms with Crippen LogP contribution in [-0.4, -0.2) is 22.2 Å². The molecule has 0 bridgehead atoms. The molecule has 4 nitrogen and oxygen atoms in total. The monoisotopic (exact) mass is 411 g/mol. The largest absolute Gasteiger partial charge is 0.352 e. The summed E-state index contributed by atoms with van der Waals surface area (Å²) in [6, 6.07) is 17.9. The van der Waals surface area contributed by atoms with Crippen molar-refractivity contribution >= 4 is 21.8 Å². The van der Waals surface area contributed by atoms with Crippen LogP contribution in [0.4, 0.5) is 0 Å². The van der Waals surface area contributed by atoms with Gasteiger partial charge in [0.05, 0.1) is 10.2 Å². The minimum absolute atomic E-state index is 0.0424. The second-order valence-electron chi connectivity index (χ2n) is 6.26. The summed E-state index contributed by atoms with van der Waals surface area (Å²) in [4.78, 5) is 12.3. The summed E-state index contributed by atoms with van der Waals surface area (Å²) in [7, 11) is 0. The topological polar surface area (TPSA) is 46.9 Å². The average Bonchev–Trinajstić information content (AvgIpc) is 2.92. The van der Waals surface area contributed by atoms with Crippen molar-refractivity contribution in [2.24, 2.45) is 0 Å². The zero-order valence-corrected chi connectivity index (χ0v) is 16.6. The molecule has 1 N–H and O–H groups in total. The summed E-state index contributed by atoms with van der Waals surface area (Å²) in [5.74, 6) is -0.0424. The molecule has 1 aromatic heterocycles. The smallest absolute Gasteiger partial charge is 0.251 e. The van der Waals surface area contributed by atoms with E-state index >= 15 is 0 Å². The van der Waals surface area contributed by atoms with Gasteiger partial charge in [-0.3, -0.25) is 9.48 Å². The molecule has 26 heavy (non-hydrogen) atoms. The maximum Gasteiger partial charge on any atom is 0.251 e. The quantitative estimate of drug-likeness (QED) is 0.594. The molecule has 0 aliphatic heterocycles. The van der Waals surface area contributed by atoms with Gasteiger partial charge in [0.2, 0.25) is 0 Å². The SMILES string of the molecule is Cc1nn(CCCNC(=O)c2ccc(-c3ccccc3)cc2)c(C)c1Br. The van der Waals surface area contributed by atoms with E-state index in [0.717, 1.165) is 40.0 Å². The van der Waals surface area contributed by atoms with Gasteiger partial charge in [-0.15, -0.1) is 0 Å². The van der Waals surface area contributed by atoms with E-state index in [-0.39, 0.29) is 5.91 Å². The third kappa shape index (κ3) is 4.22. The van der Waals surface area contributed by atoms with Crippen LogP contribution in [-0.2, 0) is 6.54 Å². The van der Waals surface area contributed by atoms with Gasteiger partial charge in [0.15, 0.2) is 0 Å². The number of rotatable bonds is 6. The number of aryl methyl sites for hydroxylation is 2. The molecule has 2 aromatic carbocycles. The van der Waals surface area contributed by atoms with E-state index in [1.54, 1.807) is 0 Å². The van der Waals surface area contributed by atoms with Gasteiger partial charge in [0.25, 0.3) is 5.91 Å². The van der Waals surface area contributed by atoms with Gasteiger partial charge in [-0.25, -0.2) is 0 Å². The first-order chi connectivity index (χ1) is 12.6. The number of hydrogen-bond acceptors (Lipinski definition) is 2. The fraction of sp³-hybridized carbons (Fsp3) is 0.238. The molecule has 0 saturated heterocycles. The molecule has 0 aliphatic carbocycles. The minimum atomic E-state index is -0.0424. The molecule has 5 heteroatoms. The van der Waals surface area contributed by atoms with Crippen LogP contribution < -0.4 is 5.32 Å². The number of nitrogens with zero attached hydrogens (tertiary/aromatic N) is 2. The number of hydrogen-bond donors (Lipinski definition) is 1. The lowest BCUT2D eigenvalue weighted by atomic mass is 10.0. The highest BCUT2D eigenvalue weighted by molar-refractivity contribution is 9.10. The molecule has 1 heterocycles. The lowest BCUT2D eigenvalue weighted by Gasteiger charge is -2.08. The Morgan fingerprint density at radius 3 is 2.31 bits per heavy atom. The highest BCUT2D eigenvalue weighted by Gasteiger charge is 2.09. The molecule has 134 valence electrons.